The fourth-order valence-corrected chi connectivity index (χ4v) is 5.90. The maximum Gasteiger partial charge on any atom is 0.338 e. The summed E-state index contributed by atoms with van der Waals surface area (Å²) < 4.78 is 23.9. The molecule has 0 bridgehead atoms. The highest BCUT2D eigenvalue weighted by Crippen LogP contribution is 2.38. The third-order valence-electron chi connectivity index (χ3n) is 6.57. The molecule has 42 heavy (non-hydrogen) atoms. The largest absolute Gasteiger partial charge is 0.497 e. The molecule has 1 aliphatic heterocycles. The van der Waals surface area contributed by atoms with Crippen LogP contribution in [0.1, 0.15) is 31.2 Å². The smallest absolute Gasteiger partial charge is 0.338 e. The first-order valence-corrected chi connectivity index (χ1v) is 13.8. The Morgan fingerprint density at radius 1 is 1.19 bits per heavy atom. The van der Waals surface area contributed by atoms with Gasteiger partial charge in [0.05, 0.1) is 47.1 Å². The van der Waals surface area contributed by atoms with Crippen molar-refractivity contribution in [2.45, 2.75) is 19.9 Å². The number of furan rings is 1. The lowest BCUT2D eigenvalue weighted by atomic mass is 9.95. The number of nitro groups is 1. The Kier molecular flexibility index (Phi) is 8.01. The summed E-state index contributed by atoms with van der Waals surface area (Å²) in [7, 11) is 3.01. The Labute approximate surface area is 247 Å². The summed E-state index contributed by atoms with van der Waals surface area (Å²) in [5, 5.41) is 11.8. The number of carbonyl (C=O) groups excluding carboxylic acids is 1. The van der Waals surface area contributed by atoms with Crippen molar-refractivity contribution in [1.82, 2.24) is 4.57 Å². The standard InChI is InChI=1S/C29H24ClN3O8S/c1-5-40-28(35)25-15(2)31-29-32(26(25)20-13-17(38-3)7-10-22(20)39-4)27(34)24(42-29)14-18-8-11-23(41-18)19-9-6-16(30)12-21(19)33(36)37/h6-14,26H,5H2,1-4H3/b24-14+/t26-/m0/s1. The van der Waals surface area contributed by atoms with E-state index >= 15 is 0 Å². The number of ether oxygens (including phenoxy) is 3. The number of allylic oxidation sites excluding steroid dienone is 1. The molecule has 0 fully saturated rings. The lowest BCUT2D eigenvalue weighted by Gasteiger charge is -2.26. The topological polar surface area (TPSA) is 135 Å². The Morgan fingerprint density at radius 3 is 2.67 bits per heavy atom. The van der Waals surface area contributed by atoms with Crippen molar-refractivity contribution >= 4 is 40.7 Å². The van der Waals surface area contributed by atoms with Gasteiger partial charge in [-0.15, -0.1) is 0 Å². The van der Waals surface area contributed by atoms with E-state index in [1.165, 1.54) is 43.1 Å². The Morgan fingerprint density at radius 2 is 1.98 bits per heavy atom. The zero-order valence-electron chi connectivity index (χ0n) is 22.9. The predicted octanol–water partition coefficient (Wildman–Crippen LogP) is 4.64. The van der Waals surface area contributed by atoms with E-state index in [4.69, 9.17) is 30.2 Å². The number of hydrogen-bond donors (Lipinski definition) is 0. The summed E-state index contributed by atoms with van der Waals surface area (Å²) in [5.74, 6) is 0.855. The maximum absolute atomic E-state index is 13.9. The zero-order valence-corrected chi connectivity index (χ0v) is 24.4. The third-order valence-corrected chi connectivity index (χ3v) is 7.79. The molecule has 0 N–H and O–H groups in total. The van der Waals surface area contributed by atoms with Crippen LogP contribution in [0.15, 0.2) is 74.0 Å². The van der Waals surface area contributed by atoms with Crippen LogP contribution in [0.4, 0.5) is 5.69 Å². The quantitative estimate of drug-likeness (QED) is 0.160. The first kappa shape index (κ1) is 28.8. The molecule has 2 aromatic carbocycles. The first-order valence-electron chi connectivity index (χ1n) is 12.6. The van der Waals surface area contributed by atoms with Crippen molar-refractivity contribution in [3.63, 3.8) is 0 Å². The van der Waals surface area contributed by atoms with Gasteiger partial charge in [0, 0.05) is 22.7 Å². The van der Waals surface area contributed by atoms with E-state index in [-0.39, 0.29) is 44.5 Å². The molecule has 11 nitrogen and oxygen atoms in total. The maximum atomic E-state index is 13.9. The summed E-state index contributed by atoms with van der Waals surface area (Å²) in [6.45, 7) is 3.51. The molecule has 0 unspecified atom stereocenters. The highest BCUT2D eigenvalue weighted by atomic mass is 35.5. The predicted molar refractivity (Wildman–Crippen MR) is 156 cm³/mol. The SMILES string of the molecule is CCOC(=O)C1=C(C)N=c2s/c(=C/c3ccc(-c4ccc(Cl)cc4[N+](=O)[O-])o3)c(=O)n2[C@H]1c1cc(OC)ccc1OC. The van der Waals surface area contributed by atoms with E-state index in [1.54, 1.807) is 44.2 Å². The summed E-state index contributed by atoms with van der Waals surface area (Å²) in [5.41, 5.74) is 0.696. The summed E-state index contributed by atoms with van der Waals surface area (Å²) >= 11 is 7.05. The minimum Gasteiger partial charge on any atom is -0.497 e. The van der Waals surface area contributed by atoms with Crippen LogP contribution < -0.4 is 24.4 Å². The second-order valence-electron chi connectivity index (χ2n) is 9.03. The number of rotatable bonds is 8. The van der Waals surface area contributed by atoms with Gasteiger partial charge in [-0.05, 0) is 56.3 Å². The van der Waals surface area contributed by atoms with E-state index in [0.717, 1.165) is 11.3 Å². The summed E-state index contributed by atoms with van der Waals surface area (Å²) in [6, 6.07) is 11.6. The van der Waals surface area contributed by atoms with Crippen LogP contribution in [0.25, 0.3) is 17.4 Å². The molecule has 2 aromatic heterocycles. The van der Waals surface area contributed by atoms with Crippen molar-refractivity contribution < 1.29 is 28.3 Å². The van der Waals surface area contributed by atoms with Crippen molar-refractivity contribution in [2.75, 3.05) is 20.8 Å². The number of benzene rings is 2. The number of esters is 1. The number of nitrogens with zero attached hydrogens (tertiary/aromatic N) is 3. The molecule has 1 atom stereocenters. The molecule has 3 heterocycles. The lowest BCUT2D eigenvalue weighted by molar-refractivity contribution is -0.384. The zero-order chi connectivity index (χ0) is 30.1. The van der Waals surface area contributed by atoms with E-state index in [1.807, 2.05) is 0 Å². The van der Waals surface area contributed by atoms with E-state index in [2.05, 4.69) is 4.99 Å². The number of aromatic nitrogens is 1. The van der Waals surface area contributed by atoms with Gasteiger partial charge >= 0.3 is 5.97 Å². The second kappa shape index (κ2) is 11.7. The van der Waals surface area contributed by atoms with E-state index < -0.39 is 22.5 Å². The molecule has 1 aliphatic rings. The molecule has 0 radical (unpaired) electrons. The van der Waals surface area contributed by atoms with Crippen molar-refractivity contribution in [3.8, 4) is 22.8 Å². The van der Waals surface area contributed by atoms with Crippen LogP contribution in [0, 0.1) is 10.1 Å². The van der Waals surface area contributed by atoms with Crippen molar-refractivity contribution in [1.29, 1.82) is 0 Å². The van der Waals surface area contributed by atoms with Gasteiger partial charge < -0.3 is 18.6 Å². The third kappa shape index (κ3) is 5.21. The van der Waals surface area contributed by atoms with Crippen LogP contribution in [0.2, 0.25) is 5.02 Å². The Bertz CT molecular complexity index is 1940. The average Bonchev–Trinajstić information content (AvgIpc) is 3.55. The number of nitro benzene ring substituents is 1. The highest BCUT2D eigenvalue weighted by Gasteiger charge is 2.35. The molecule has 5 rings (SSSR count). The molecule has 0 saturated carbocycles. The van der Waals surface area contributed by atoms with Crippen molar-refractivity contribution in [2.24, 2.45) is 4.99 Å². The number of methoxy groups -OCH3 is 2. The monoisotopic (exact) mass is 609 g/mol. The van der Waals surface area contributed by atoms with Crippen LogP contribution in [0.3, 0.4) is 0 Å². The second-order valence-corrected chi connectivity index (χ2v) is 10.5. The average molecular weight is 610 g/mol. The molecule has 216 valence electrons. The molecule has 4 aromatic rings. The minimum absolute atomic E-state index is 0.134. The fraction of sp³-hybridized carbons (Fsp3) is 0.207. The van der Waals surface area contributed by atoms with Crippen LogP contribution in [-0.2, 0) is 9.53 Å². The number of thiazole rings is 1. The van der Waals surface area contributed by atoms with Gasteiger partial charge in [-0.2, -0.15) is 0 Å². The van der Waals surface area contributed by atoms with E-state index in [0.29, 0.717) is 27.6 Å². The summed E-state index contributed by atoms with van der Waals surface area (Å²) in [6.07, 6.45) is 1.53. The minimum atomic E-state index is -0.920. The van der Waals surface area contributed by atoms with E-state index in [9.17, 15) is 19.7 Å². The molecule has 0 amide bonds. The Balaban J connectivity index is 1.68. The van der Waals surface area contributed by atoms with Gasteiger partial charge in [0.25, 0.3) is 11.2 Å². The van der Waals surface area contributed by atoms with Gasteiger partial charge in [0.15, 0.2) is 4.80 Å². The van der Waals surface area contributed by atoms with Crippen LogP contribution in [0.5, 0.6) is 11.5 Å². The molecular weight excluding hydrogens is 586 g/mol. The molecule has 0 saturated heterocycles. The van der Waals surface area contributed by atoms with Gasteiger partial charge in [-0.1, -0.05) is 22.9 Å². The molecule has 0 aliphatic carbocycles. The van der Waals surface area contributed by atoms with Crippen LogP contribution >= 0.6 is 22.9 Å². The normalized spacial score (nSPS) is 14.8. The van der Waals surface area contributed by atoms with Gasteiger partial charge in [0.1, 0.15) is 29.1 Å². The van der Waals surface area contributed by atoms with Gasteiger partial charge in [-0.25, -0.2) is 9.79 Å². The van der Waals surface area contributed by atoms with Crippen molar-refractivity contribution in [3.05, 3.63) is 106 Å². The lowest BCUT2D eigenvalue weighted by Crippen LogP contribution is -2.40. The number of halogens is 1. The summed E-state index contributed by atoms with van der Waals surface area (Å²) in [4.78, 5) is 43.1. The molecule has 13 heteroatoms. The van der Waals surface area contributed by atoms with Gasteiger partial charge in [0.2, 0.25) is 0 Å². The Hall–Kier alpha value is -4.68. The number of hydrogen-bond acceptors (Lipinski definition) is 10. The van der Waals surface area contributed by atoms with Gasteiger partial charge in [-0.3, -0.25) is 19.5 Å². The fourth-order valence-electron chi connectivity index (χ4n) is 4.71. The molecule has 0 spiro atoms. The van der Waals surface area contributed by atoms with Crippen LogP contribution in [-0.4, -0.2) is 36.3 Å². The number of carbonyl (C=O) groups is 1. The number of fused-ring (bicyclic) bond motifs is 1. The molecular formula is C29H24ClN3O8S. The first-order chi connectivity index (χ1) is 20.2. The highest BCUT2D eigenvalue weighted by molar-refractivity contribution is 7.07.